The molecule has 1 aliphatic carbocycles. The number of pyridine rings is 1. The van der Waals surface area contributed by atoms with Crippen molar-refractivity contribution in [1.29, 1.82) is 0 Å². The van der Waals surface area contributed by atoms with Gasteiger partial charge in [0.1, 0.15) is 22.1 Å². The third kappa shape index (κ3) is 5.17. The molecule has 4 N–H and O–H groups in total. The first kappa shape index (κ1) is 28.0. The Morgan fingerprint density at radius 3 is 2.42 bits per heavy atom. The molecule has 7 nitrogen and oxygen atoms in total. The first-order chi connectivity index (χ1) is 18.8. The predicted molar refractivity (Wildman–Crippen MR) is 153 cm³/mol. The minimum absolute atomic E-state index is 0.0807. The van der Waals surface area contributed by atoms with Crippen molar-refractivity contribution in [3.05, 3.63) is 76.1 Å². The van der Waals surface area contributed by atoms with Gasteiger partial charge in [-0.2, -0.15) is 5.10 Å². The molecule has 0 radical (unpaired) electrons. The van der Waals surface area contributed by atoms with Crippen molar-refractivity contribution in [3.8, 4) is 23.0 Å². The second-order valence-electron chi connectivity index (χ2n) is 10.5. The minimum atomic E-state index is -3.42. The maximum absolute atomic E-state index is 13.9. The van der Waals surface area contributed by atoms with E-state index in [2.05, 4.69) is 16.9 Å². The molecule has 1 saturated carbocycles. The normalized spacial score (nSPS) is 14.7. The minimum Gasteiger partial charge on any atom is -0.382 e. The van der Waals surface area contributed by atoms with Gasteiger partial charge in [0.05, 0.1) is 32.9 Å². The average molecular weight is 584 g/mol. The number of sulfone groups is 1. The van der Waals surface area contributed by atoms with Gasteiger partial charge in [-0.1, -0.05) is 23.6 Å². The van der Waals surface area contributed by atoms with Crippen molar-refractivity contribution >= 4 is 38.2 Å². The lowest BCUT2D eigenvalue weighted by atomic mass is 9.94. The highest BCUT2D eigenvalue weighted by atomic mass is 35.5. The summed E-state index contributed by atoms with van der Waals surface area (Å²) in [5, 5.41) is 4.96. The number of rotatable bonds is 6. The number of aromatic nitrogens is 3. The van der Waals surface area contributed by atoms with Crippen molar-refractivity contribution < 1.29 is 17.2 Å². The number of benzene rings is 2. The highest BCUT2D eigenvalue weighted by molar-refractivity contribution is 7.93. The van der Waals surface area contributed by atoms with Gasteiger partial charge in [0.25, 0.3) is 0 Å². The van der Waals surface area contributed by atoms with Crippen LogP contribution in [0.5, 0.6) is 0 Å². The Kier molecular flexibility index (Phi) is 7.11. The van der Waals surface area contributed by atoms with E-state index >= 15 is 0 Å². The maximum atomic E-state index is 13.9. The Morgan fingerprint density at radius 1 is 1.12 bits per heavy atom. The monoisotopic (exact) mass is 583 g/mol. The van der Waals surface area contributed by atoms with Crippen LogP contribution in [0.1, 0.15) is 49.7 Å². The predicted octanol–water partition coefficient (Wildman–Crippen LogP) is 5.10. The fourth-order valence-electron chi connectivity index (χ4n) is 4.84. The molecule has 2 aromatic carbocycles. The third-order valence-electron chi connectivity index (χ3n) is 7.07. The zero-order chi connectivity index (χ0) is 29.0. The van der Waals surface area contributed by atoms with Crippen LogP contribution in [0.2, 0.25) is 5.02 Å². The van der Waals surface area contributed by atoms with E-state index in [9.17, 15) is 17.2 Å². The second kappa shape index (κ2) is 10.1. The Labute approximate surface area is 236 Å². The molecule has 11 heteroatoms. The molecule has 0 saturated heterocycles. The summed E-state index contributed by atoms with van der Waals surface area (Å²) in [6, 6.07) is 9.42. The summed E-state index contributed by atoms with van der Waals surface area (Å²) >= 11 is 6.43. The summed E-state index contributed by atoms with van der Waals surface area (Å²) in [7, 11) is -1.68. The summed E-state index contributed by atoms with van der Waals surface area (Å²) in [5.41, 5.74) is 15.8. The highest BCUT2D eigenvalue weighted by Gasteiger charge is 2.45. The fraction of sp³-hybridized carbons (Fsp3) is 0.310. The van der Waals surface area contributed by atoms with Crippen LogP contribution in [-0.4, -0.2) is 33.2 Å². The molecule has 0 aliphatic heterocycles. The zero-order valence-electron chi connectivity index (χ0n) is 22.2. The number of anilines is 1. The number of hydrogen-bond donors (Lipinski definition) is 2. The SMILES string of the molecule is Cn1nc(N)c2c(Cl)ccc(-c3ccc(C#CC(C)(C)S(=O)(=O)C4CC4)nc3C(N)Cc3cc(F)cc(F)c3)c21. The van der Waals surface area contributed by atoms with E-state index < -0.39 is 32.3 Å². The van der Waals surface area contributed by atoms with Crippen molar-refractivity contribution in [3.63, 3.8) is 0 Å². The lowest BCUT2D eigenvalue weighted by Gasteiger charge is -2.19. The summed E-state index contributed by atoms with van der Waals surface area (Å²) in [5.74, 6) is 4.65. The molecular formula is C29H28ClF2N5O2S. The van der Waals surface area contributed by atoms with Gasteiger partial charge >= 0.3 is 0 Å². The maximum Gasteiger partial charge on any atom is 0.169 e. The van der Waals surface area contributed by atoms with Gasteiger partial charge in [-0.25, -0.2) is 22.2 Å². The summed E-state index contributed by atoms with van der Waals surface area (Å²) < 4.78 is 53.9. The number of halogens is 3. The van der Waals surface area contributed by atoms with Crippen LogP contribution in [0.25, 0.3) is 22.0 Å². The van der Waals surface area contributed by atoms with Crippen LogP contribution >= 0.6 is 11.6 Å². The molecule has 0 bridgehead atoms. The van der Waals surface area contributed by atoms with Gasteiger partial charge in [-0.05, 0) is 74.9 Å². The van der Waals surface area contributed by atoms with E-state index in [1.54, 1.807) is 49.8 Å². The molecule has 1 fully saturated rings. The van der Waals surface area contributed by atoms with Gasteiger partial charge in [-0.15, -0.1) is 0 Å². The summed E-state index contributed by atoms with van der Waals surface area (Å²) in [4.78, 5) is 4.73. The first-order valence-corrected chi connectivity index (χ1v) is 14.6. The molecule has 2 heterocycles. The molecule has 208 valence electrons. The Morgan fingerprint density at radius 2 is 1.77 bits per heavy atom. The topological polar surface area (TPSA) is 117 Å². The number of nitrogen functional groups attached to an aromatic ring is 1. The Balaban J connectivity index is 1.64. The Bertz CT molecular complexity index is 1800. The summed E-state index contributed by atoms with van der Waals surface area (Å²) in [6.45, 7) is 3.18. The van der Waals surface area contributed by atoms with Gasteiger partial charge in [-0.3, -0.25) is 4.68 Å². The Hall–Kier alpha value is -3.52. The molecule has 1 atom stereocenters. The lowest BCUT2D eigenvalue weighted by Crippen LogP contribution is -2.33. The molecule has 0 amide bonds. The number of nitrogens with zero attached hydrogens (tertiary/aromatic N) is 3. The van der Waals surface area contributed by atoms with E-state index in [4.69, 9.17) is 28.1 Å². The van der Waals surface area contributed by atoms with Crippen molar-refractivity contribution in [1.82, 2.24) is 14.8 Å². The van der Waals surface area contributed by atoms with Crippen LogP contribution in [-0.2, 0) is 23.3 Å². The van der Waals surface area contributed by atoms with Gasteiger partial charge in [0.15, 0.2) is 15.7 Å². The number of nitrogens with two attached hydrogens (primary N) is 2. The molecule has 40 heavy (non-hydrogen) atoms. The van der Waals surface area contributed by atoms with Crippen LogP contribution in [0, 0.1) is 23.5 Å². The van der Waals surface area contributed by atoms with E-state index in [1.165, 1.54) is 12.1 Å². The van der Waals surface area contributed by atoms with Crippen LogP contribution in [0.4, 0.5) is 14.6 Å². The summed E-state index contributed by atoms with van der Waals surface area (Å²) in [6.07, 6.45) is 1.37. The van der Waals surface area contributed by atoms with Gasteiger partial charge in [0.2, 0.25) is 0 Å². The quantitative estimate of drug-likeness (QED) is 0.305. The average Bonchev–Trinajstić information content (AvgIpc) is 3.68. The van der Waals surface area contributed by atoms with Gasteiger partial charge < -0.3 is 11.5 Å². The lowest BCUT2D eigenvalue weighted by molar-refractivity contribution is 0.573. The van der Waals surface area contributed by atoms with Crippen LogP contribution in [0.15, 0.2) is 42.5 Å². The van der Waals surface area contributed by atoms with E-state index in [0.717, 1.165) is 6.07 Å². The molecular weight excluding hydrogens is 556 g/mol. The zero-order valence-corrected chi connectivity index (χ0v) is 23.7. The third-order valence-corrected chi connectivity index (χ3v) is 10.3. The van der Waals surface area contributed by atoms with Crippen LogP contribution < -0.4 is 11.5 Å². The number of aryl methyl sites for hydroxylation is 1. The molecule has 2 aromatic heterocycles. The van der Waals surface area contributed by atoms with Crippen molar-refractivity contribution in [2.75, 3.05) is 5.73 Å². The smallest absolute Gasteiger partial charge is 0.169 e. The number of hydrogen-bond acceptors (Lipinski definition) is 6. The first-order valence-electron chi connectivity index (χ1n) is 12.7. The molecule has 1 aliphatic rings. The number of fused-ring (bicyclic) bond motifs is 1. The van der Waals surface area contributed by atoms with Crippen molar-refractivity contribution in [2.24, 2.45) is 12.8 Å². The largest absolute Gasteiger partial charge is 0.382 e. The van der Waals surface area contributed by atoms with Crippen molar-refractivity contribution in [2.45, 2.75) is 49.1 Å². The fourth-order valence-corrected chi connectivity index (χ4v) is 6.87. The van der Waals surface area contributed by atoms with Crippen LogP contribution in [0.3, 0.4) is 0 Å². The second-order valence-corrected chi connectivity index (χ2v) is 13.7. The van der Waals surface area contributed by atoms with E-state index in [-0.39, 0.29) is 17.5 Å². The molecule has 0 spiro atoms. The molecule has 4 aromatic rings. The molecule has 5 rings (SSSR count). The standard InChI is InChI=1S/C29H28ClF2N5O2S/c1-29(2,40(38,39)20-5-6-20)11-10-19-4-7-21(22-8-9-23(30)25-27(22)37(3)36-28(25)34)26(35-19)24(33)14-16-12-17(31)15-18(32)13-16/h4,7-9,12-13,15,20,24H,5-6,14,33H2,1-3H3,(H2,34,36). The highest BCUT2D eigenvalue weighted by Crippen LogP contribution is 2.39. The van der Waals surface area contributed by atoms with E-state index in [1.807, 2.05) is 0 Å². The van der Waals surface area contributed by atoms with E-state index in [0.29, 0.717) is 56.8 Å². The molecule has 1 unspecified atom stereocenters. The van der Waals surface area contributed by atoms with Gasteiger partial charge in [0, 0.05) is 24.2 Å².